The van der Waals surface area contributed by atoms with Crippen molar-refractivity contribution in [3.8, 4) is 12.3 Å². The van der Waals surface area contributed by atoms with Crippen molar-refractivity contribution in [3.63, 3.8) is 0 Å². The molecule has 1 heterocycles. The largest absolute Gasteiger partial charge is 0.341 e. The van der Waals surface area contributed by atoms with Crippen LogP contribution in [0.25, 0.3) is 0 Å². The first-order valence-corrected chi connectivity index (χ1v) is 7.47. The van der Waals surface area contributed by atoms with Crippen molar-refractivity contribution in [2.24, 2.45) is 0 Å². The molecular weight excluding hydrogens is 290 g/mol. The highest BCUT2D eigenvalue weighted by Crippen LogP contribution is 2.15. The number of benzene rings is 1. The number of terminal acetylenes is 1. The molecular formula is C14H13N3O3S. The Bertz CT molecular complexity index is 799. The first-order valence-electron chi connectivity index (χ1n) is 6.03. The summed E-state index contributed by atoms with van der Waals surface area (Å²) in [5.74, 6) is 1.94. The number of carbonyl (C=O) groups is 1. The van der Waals surface area contributed by atoms with E-state index in [0.717, 1.165) is 3.97 Å². The van der Waals surface area contributed by atoms with E-state index in [-0.39, 0.29) is 17.3 Å². The average Bonchev–Trinajstić information content (AvgIpc) is 2.92. The summed E-state index contributed by atoms with van der Waals surface area (Å²) in [6.07, 6.45) is 7.70. The Balaban J connectivity index is 2.27. The first-order chi connectivity index (χ1) is 9.95. The van der Waals surface area contributed by atoms with Gasteiger partial charge in [-0.05, 0) is 31.2 Å². The van der Waals surface area contributed by atoms with Gasteiger partial charge in [-0.3, -0.25) is 4.79 Å². The Morgan fingerprint density at radius 2 is 2.05 bits per heavy atom. The fourth-order valence-electron chi connectivity index (χ4n) is 1.66. The second kappa shape index (κ2) is 5.81. The Hall–Kier alpha value is -2.59. The van der Waals surface area contributed by atoms with Crippen molar-refractivity contribution in [3.05, 3.63) is 48.0 Å². The van der Waals surface area contributed by atoms with E-state index in [0.29, 0.717) is 11.3 Å². The third-order valence-electron chi connectivity index (χ3n) is 2.73. The normalized spacial score (nSPS) is 10.9. The molecule has 7 heteroatoms. The van der Waals surface area contributed by atoms with Crippen LogP contribution in [-0.2, 0) is 10.0 Å². The van der Waals surface area contributed by atoms with Crippen molar-refractivity contribution < 1.29 is 13.2 Å². The van der Waals surface area contributed by atoms with Gasteiger partial charge in [-0.25, -0.2) is 17.4 Å². The number of aromatic nitrogens is 2. The molecule has 2 rings (SSSR count). The highest BCUT2D eigenvalue weighted by Gasteiger charge is 2.17. The number of nitrogens with one attached hydrogen (secondary N) is 1. The molecule has 0 radical (unpaired) electrons. The van der Waals surface area contributed by atoms with Crippen molar-refractivity contribution in [1.29, 1.82) is 0 Å². The van der Waals surface area contributed by atoms with Gasteiger partial charge in [0, 0.05) is 11.8 Å². The van der Waals surface area contributed by atoms with Crippen LogP contribution in [-0.4, -0.2) is 29.8 Å². The van der Waals surface area contributed by atoms with Crippen molar-refractivity contribution >= 4 is 15.9 Å². The summed E-state index contributed by atoms with van der Waals surface area (Å²) in [4.78, 5) is 15.6. The third kappa shape index (κ3) is 3.12. The molecule has 1 aromatic carbocycles. The fraction of sp³-hybridized carbons (Fsp3) is 0.143. The molecule has 0 saturated heterocycles. The number of carbonyl (C=O) groups excluding carboxylic acids is 1. The van der Waals surface area contributed by atoms with Crippen LogP contribution in [0.1, 0.15) is 16.1 Å². The molecule has 21 heavy (non-hydrogen) atoms. The molecule has 2 aromatic rings. The summed E-state index contributed by atoms with van der Waals surface area (Å²) >= 11 is 0. The SMILES string of the molecule is C#CCNC(=O)c1ccc(S(=O)(=O)n2cnc(C)c2)cc1. The van der Waals surface area contributed by atoms with Gasteiger partial charge >= 0.3 is 0 Å². The lowest BCUT2D eigenvalue weighted by Crippen LogP contribution is -2.23. The van der Waals surface area contributed by atoms with Crippen molar-refractivity contribution in [2.75, 3.05) is 6.54 Å². The van der Waals surface area contributed by atoms with Crippen LogP contribution in [0.15, 0.2) is 41.7 Å². The number of rotatable bonds is 4. The standard InChI is InChI=1S/C14H13N3O3S/c1-3-8-15-14(18)12-4-6-13(7-5-12)21(19,20)17-9-11(2)16-10-17/h1,4-7,9-10H,8H2,2H3,(H,15,18). The molecule has 1 N–H and O–H groups in total. The van der Waals surface area contributed by atoms with Crippen LogP contribution in [0.3, 0.4) is 0 Å². The van der Waals surface area contributed by atoms with E-state index in [4.69, 9.17) is 6.42 Å². The topological polar surface area (TPSA) is 81.1 Å². The van der Waals surface area contributed by atoms with Crippen LogP contribution in [0.4, 0.5) is 0 Å². The van der Waals surface area contributed by atoms with Gasteiger partial charge in [0.2, 0.25) is 0 Å². The zero-order valence-electron chi connectivity index (χ0n) is 11.3. The molecule has 0 saturated carbocycles. The molecule has 6 nitrogen and oxygen atoms in total. The third-order valence-corrected chi connectivity index (χ3v) is 4.35. The van der Waals surface area contributed by atoms with E-state index in [1.54, 1.807) is 6.92 Å². The minimum Gasteiger partial charge on any atom is -0.341 e. The summed E-state index contributed by atoms with van der Waals surface area (Å²) < 4.78 is 25.6. The average molecular weight is 303 g/mol. The molecule has 0 spiro atoms. The number of hydrogen-bond donors (Lipinski definition) is 1. The maximum atomic E-state index is 12.3. The summed E-state index contributed by atoms with van der Waals surface area (Å²) in [6, 6.07) is 5.61. The maximum absolute atomic E-state index is 12.3. The second-order valence-electron chi connectivity index (χ2n) is 4.26. The molecule has 0 unspecified atom stereocenters. The Morgan fingerprint density at radius 3 is 2.57 bits per heavy atom. The van der Waals surface area contributed by atoms with Gasteiger partial charge in [0.1, 0.15) is 6.33 Å². The summed E-state index contributed by atoms with van der Waals surface area (Å²) in [5.41, 5.74) is 0.940. The lowest BCUT2D eigenvalue weighted by Gasteiger charge is -2.06. The van der Waals surface area contributed by atoms with E-state index in [1.807, 2.05) is 0 Å². The van der Waals surface area contributed by atoms with Crippen molar-refractivity contribution in [1.82, 2.24) is 14.3 Å². The molecule has 0 bridgehead atoms. The predicted octanol–water partition coefficient (Wildman–Crippen LogP) is 0.792. The van der Waals surface area contributed by atoms with Gasteiger partial charge in [-0.2, -0.15) is 0 Å². The molecule has 0 fully saturated rings. The fourth-order valence-corrected chi connectivity index (χ4v) is 2.85. The van der Waals surface area contributed by atoms with Gasteiger partial charge in [0.25, 0.3) is 15.9 Å². The molecule has 0 aliphatic carbocycles. The Labute approximate surface area is 122 Å². The van der Waals surface area contributed by atoms with Gasteiger partial charge in [0.15, 0.2) is 0 Å². The number of hydrogen-bond acceptors (Lipinski definition) is 4. The van der Waals surface area contributed by atoms with Gasteiger partial charge in [-0.15, -0.1) is 6.42 Å². The maximum Gasteiger partial charge on any atom is 0.268 e. The smallest absolute Gasteiger partial charge is 0.268 e. The van der Waals surface area contributed by atoms with Crippen molar-refractivity contribution in [2.45, 2.75) is 11.8 Å². The summed E-state index contributed by atoms with van der Waals surface area (Å²) in [6.45, 7) is 1.82. The van der Waals surface area contributed by atoms with Gasteiger partial charge in [-0.1, -0.05) is 5.92 Å². The van der Waals surface area contributed by atoms with Crippen LogP contribution >= 0.6 is 0 Å². The Morgan fingerprint density at radius 1 is 1.38 bits per heavy atom. The minimum absolute atomic E-state index is 0.0772. The van der Waals surface area contributed by atoms with E-state index < -0.39 is 10.0 Å². The highest BCUT2D eigenvalue weighted by atomic mass is 32.2. The predicted molar refractivity (Wildman–Crippen MR) is 77.2 cm³/mol. The second-order valence-corrected chi connectivity index (χ2v) is 6.10. The number of amides is 1. The van der Waals surface area contributed by atoms with E-state index in [1.165, 1.54) is 36.8 Å². The van der Waals surface area contributed by atoms with E-state index in [2.05, 4.69) is 16.2 Å². The lowest BCUT2D eigenvalue weighted by molar-refractivity contribution is 0.0958. The number of imidazole rings is 1. The highest BCUT2D eigenvalue weighted by molar-refractivity contribution is 7.90. The zero-order chi connectivity index (χ0) is 15.5. The van der Waals surface area contributed by atoms with E-state index in [9.17, 15) is 13.2 Å². The molecule has 0 aliphatic rings. The van der Waals surface area contributed by atoms with Gasteiger partial charge < -0.3 is 5.32 Å². The van der Waals surface area contributed by atoms with Crippen LogP contribution < -0.4 is 5.32 Å². The van der Waals surface area contributed by atoms with Crippen LogP contribution in [0, 0.1) is 19.3 Å². The quantitative estimate of drug-likeness (QED) is 0.847. The number of nitrogens with zero attached hydrogens (tertiary/aromatic N) is 2. The zero-order valence-corrected chi connectivity index (χ0v) is 12.1. The summed E-state index contributed by atoms with van der Waals surface area (Å²) in [7, 11) is -3.69. The number of aryl methyl sites for hydroxylation is 1. The molecule has 0 aliphatic heterocycles. The molecule has 108 valence electrons. The monoisotopic (exact) mass is 303 g/mol. The van der Waals surface area contributed by atoms with Crippen LogP contribution in [0.2, 0.25) is 0 Å². The first kappa shape index (κ1) is 14.8. The molecule has 1 amide bonds. The molecule has 1 aromatic heterocycles. The molecule has 0 atom stereocenters. The minimum atomic E-state index is -3.69. The summed E-state index contributed by atoms with van der Waals surface area (Å²) in [5, 5.41) is 2.50. The Kier molecular flexibility index (Phi) is 4.10. The van der Waals surface area contributed by atoms with E-state index >= 15 is 0 Å². The lowest BCUT2D eigenvalue weighted by atomic mass is 10.2. The van der Waals surface area contributed by atoms with Crippen LogP contribution in [0.5, 0.6) is 0 Å². The van der Waals surface area contributed by atoms with Gasteiger partial charge in [0.05, 0.1) is 17.1 Å².